The standard InChI is InChI=1S/C13H10ClNO6/c1-6(16)20-11-9(17)10(21-12(11)15-13(18)19)7-4-2-3-5-8(7)14/h2-5,15,17H,1H3,(H,18,19). The van der Waals surface area contributed by atoms with E-state index < -0.39 is 29.4 Å². The zero-order valence-electron chi connectivity index (χ0n) is 10.7. The molecule has 0 atom stereocenters. The van der Waals surface area contributed by atoms with Crippen LogP contribution in [0.15, 0.2) is 28.7 Å². The van der Waals surface area contributed by atoms with Crippen molar-refractivity contribution in [1.82, 2.24) is 0 Å². The molecule has 0 fully saturated rings. The molecule has 110 valence electrons. The predicted molar refractivity (Wildman–Crippen MR) is 73.8 cm³/mol. The number of nitrogens with one attached hydrogen (secondary N) is 1. The Morgan fingerprint density at radius 1 is 1.33 bits per heavy atom. The number of halogens is 1. The normalized spacial score (nSPS) is 10.2. The van der Waals surface area contributed by atoms with Gasteiger partial charge in [-0.15, -0.1) is 0 Å². The summed E-state index contributed by atoms with van der Waals surface area (Å²) in [6.45, 7) is 1.10. The van der Waals surface area contributed by atoms with Crippen LogP contribution in [0.5, 0.6) is 11.5 Å². The number of aromatic hydroxyl groups is 1. The molecule has 0 radical (unpaired) electrons. The van der Waals surface area contributed by atoms with Gasteiger partial charge in [-0.3, -0.25) is 10.1 Å². The van der Waals surface area contributed by atoms with E-state index in [2.05, 4.69) is 0 Å². The fourth-order valence-electron chi connectivity index (χ4n) is 1.65. The molecule has 0 spiro atoms. The summed E-state index contributed by atoms with van der Waals surface area (Å²) in [5, 5.41) is 21.0. The number of anilines is 1. The second-order valence-electron chi connectivity index (χ2n) is 3.94. The minimum absolute atomic E-state index is 0.111. The van der Waals surface area contributed by atoms with Gasteiger partial charge in [0.1, 0.15) is 0 Å². The molecule has 21 heavy (non-hydrogen) atoms. The molecule has 2 rings (SSSR count). The number of carboxylic acid groups (broad SMARTS) is 1. The molecule has 1 heterocycles. The van der Waals surface area contributed by atoms with E-state index in [0.717, 1.165) is 6.92 Å². The lowest BCUT2D eigenvalue weighted by Gasteiger charge is -2.01. The maximum atomic E-state index is 11.0. The average molecular weight is 312 g/mol. The third-order valence-corrected chi connectivity index (χ3v) is 2.75. The molecule has 1 aromatic heterocycles. The van der Waals surface area contributed by atoms with E-state index in [0.29, 0.717) is 5.56 Å². The molecular weight excluding hydrogens is 302 g/mol. The van der Waals surface area contributed by atoms with Gasteiger partial charge in [0.15, 0.2) is 5.76 Å². The van der Waals surface area contributed by atoms with Crippen LogP contribution in [0.2, 0.25) is 5.02 Å². The molecule has 0 saturated carbocycles. The van der Waals surface area contributed by atoms with E-state index in [-0.39, 0.29) is 10.8 Å². The van der Waals surface area contributed by atoms with Crippen molar-refractivity contribution in [2.24, 2.45) is 0 Å². The molecule has 7 nitrogen and oxygen atoms in total. The lowest BCUT2D eigenvalue weighted by Crippen LogP contribution is -2.09. The zero-order chi connectivity index (χ0) is 15.6. The molecule has 0 aliphatic heterocycles. The first kappa shape index (κ1) is 14.7. The summed E-state index contributed by atoms with van der Waals surface area (Å²) >= 11 is 5.99. The summed E-state index contributed by atoms with van der Waals surface area (Å²) in [5.74, 6) is -2.21. The van der Waals surface area contributed by atoms with Crippen LogP contribution < -0.4 is 10.1 Å². The SMILES string of the molecule is CC(=O)Oc1c(NC(=O)O)oc(-c2ccccc2Cl)c1O. The lowest BCUT2D eigenvalue weighted by atomic mass is 10.1. The molecule has 0 aliphatic rings. The van der Waals surface area contributed by atoms with Crippen LogP contribution in [-0.4, -0.2) is 22.3 Å². The maximum Gasteiger partial charge on any atom is 0.411 e. The Labute approximate surface area is 123 Å². The number of hydrogen-bond acceptors (Lipinski definition) is 5. The molecule has 0 aliphatic carbocycles. The van der Waals surface area contributed by atoms with Crippen LogP contribution in [0.1, 0.15) is 6.92 Å². The average Bonchev–Trinajstić information content (AvgIpc) is 2.67. The fraction of sp³-hybridized carbons (Fsp3) is 0.0769. The van der Waals surface area contributed by atoms with Gasteiger partial charge in [0, 0.05) is 12.5 Å². The molecule has 0 saturated heterocycles. The number of ether oxygens (including phenoxy) is 1. The van der Waals surface area contributed by atoms with Gasteiger partial charge in [-0.25, -0.2) is 4.79 Å². The Bertz CT molecular complexity index is 709. The Morgan fingerprint density at radius 2 is 2.00 bits per heavy atom. The maximum absolute atomic E-state index is 11.0. The molecule has 2 aromatic rings. The third-order valence-electron chi connectivity index (χ3n) is 2.43. The second kappa shape index (κ2) is 5.76. The van der Waals surface area contributed by atoms with Gasteiger partial charge in [-0.1, -0.05) is 23.7 Å². The highest BCUT2D eigenvalue weighted by Crippen LogP contribution is 2.47. The zero-order valence-corrected chi connectivity index (χ0v) is 11.5. The molecule has 1 aromatic carbocycles. The molecule has 0 bridgehead atoms. The number of amides is 1. The number of hydrogen-bond donors (Lipinski definition) is 3. The Kier molecular flexibility index (Phi) is 4.04. The monoisotopic (exact) mass is 311 g/mol. The van der Waals surface area contributed by atoms with Crippen LogP contribution in [0.25, 0.3) is 11.3 Å². The van der Waals surface area contributed by atoms with Gasteiger partial charge >= 0.3 is 12.1 Å². The van der Waals surface area contributed by atoms with Crippen LogP contribution in [0.4, 0.5) is 10.7 Å². The minimum atomic E-state index is -1.44. The van der Waals surface area contributed by atoms with Crippen molar-refractivity contribution in [3.8, 4) is 22.8 Å². The highest BCUT2D eigenvalue weighted by Gasteiger charge is 2.26. The largest absolute Gasteiger partial charge is 0.502 e. The molecule has 8 heteroatoms. The van der Waals surface area contributed by atoms with Gasteiger partial charge < -0.3 is 19.4 Å². The van der Waals surface area contributed by atoms with Gasteiger partial charge in [-0.2, -0.15) is 0 Å². The first-order valence-corrected chi connectivity index (χ1v) is 6.07. The van der Waals surface area contributed by atoms with Gasteiger partial charge in [0.05, 0.1) is 5.02 Å². The van der Waals surface area contributed by atoms with E-state index in [4.69, 9.17) is 25.9 Å². The number of esters is 1. The van der Waals surface area contributed by atoms with Crippen molar-refractivity contribution in [1.29, 1.82) is 0 Å². The summed E-state index contributed by atoms with van der Waals surface area (Å²) in [4.78, 5) is 21.8. The number of furan rings is 1. The van der Waals surface area contributed by atoms with E-state index in [1.807, 2.05) is 5.32 Å². The summed E-state index contributed by atoms with van der Waals surface area (Å²) in [7, 11) is 0. The van der Waals surface area contributed by atoms with Crippen molar-refractivity contribution in [2.45, 2.75) is 6.92 Å². The molecule has 0 unspecified atom stereocenters. The third kappa shape index (κ3) is 3.09. The van der Waals surface area contributed by atoms with Gasteiger partial charge in [0.25, 0.3) is 5.88 Å². The summed E-state index contributed by atoms with van der Waals surface area (Å²) in [6.07, 6.45) is -1.44. The first-order chi connectivity index (χ1) is 9.90. The summed E-state index contributed by atoms with van der Waals surface area (Å²) in [6, 6.07) is 6.45. The Hall–Kier alpha value is -2.67. The number of carbonyl (C=O) groups excluding carboxylic acids is 1. The van der Waals surface area contributed by atoms with E-state index >= 15 is 0 Å². The highest BCUT2D eigenvalue weighted by molar-refractivity contribution is 6.33. The van der Waals surface area contributed by atoms with Crippen molar-refractivity contribution in [2.75, 3.05) is 5.32 Å². The highest BCUT2D eigenvalue weighted by atomic mass is 35.5. The van der Waals surface area contributed by atoms with E-state index in [9.17, 15) is 14.7 Å². The first-order valence-electron chi connectivity index (χ1n) is 5.69. The minimum Gasteiger partial charge on any atom is -0.502 e. The summed E-state index contributed by atoms with van der Waals surface area (Å²) < 4.78 is 9.99. The van der Waals surface area contributed by atoms with Gasteiger partial charge in [-0.05, 0) is 12.1 Å². The topological polar surface area (TPSA) is 109 Å². The van der Waals surface area contributed by atoms with E-state index in [1.165, 1.54) is 0 Å². The Balaban J connectivity index is 2.58. The number of rotatable bonds is 3. The van der Waals surface area contributed by atoms with E-state index in [1.54, 1.807) is 24.3 Å². The summed E-state index contributed by atoms with van der Waals surface area (Å²) in [5.41, 5.74) is 0.323. The van der Waals surface area contributed by atoms with Gasteiger partial charge in [0.2, 0.25) is 11.5 Å². The number of carbonyl (C=O) groups is 2. The van der Waals surface area contributed by atoms with Crippen molar-refractivity contribution in [3.05, 3.63) is 29.3 Å². The van der Waals surface area contributed by atoms with Crippen molar-refractivity contribution in [3.63, 3.8) is 0 Å². The second-order valence-corrected chi connectivity index (χ2v) is 4.35. The van der Waals surface area contributed by atoms with Crippen LogP contribution in [0, 0.1) is 0 Å². The smallest absolute Gasteiger partial charge is 0.411 e. The van der Waals surface area contributed by atoms with Crippen molar-refractivity contribution < 1.29 is 29.0 Å². The molecule has 1 amide bonds. The lowest BCUT2D eigenvalue weighted by molar-refractivity contribution is -0.132. The molecule has 3 N–H and O–H groups in total. The van der Waals surface area contributed by atoms with Crippen LogP contribution >= 0.6 is 11.6 Å². The van der Waals surface area contributed by atoms with Crippen LogP contribution in [-0.2, 0) is 4.79 Å². The molecular formula is C13H10ClNO6. The number of benzene rings is 1. The fourth-order valence-corrected chi connectivity index (χ4v) is 1.87. The van der Waals surface area contributed by atoms with Crippen LogP contribution in [0.3, 0.4) is 0 Å². The predicted octanol–water partition coefficient (Wildman–Crippen LogP) is 3.32. The Morgan fingerprint density at radius 3 is 2.57 bits per heavy atom. The quantitative estimate of drug-likeness (QED) is 0.750. The van der Waals surface area contributed by atoms with Crippen molar-refractivity contribution >= 4 is 29.5 Å².